The fourth-order valence-corrected chi connectivity index (χ4v) is 2.68. The van der Waals surface area contributed by atoms with Crippen LogP contribution in [0.3, 0.4) is 0 Å². The standard InChI is InChI=1S/C15H14ClFIN/c1-9-7-11(17)4-5-12(9)15(19-2)10-3-6-14(18)13(16)8-10/h3-8,15,19H,1-2H3. The smallest absolute Gasteiger partial charge is 0.123 e. The zero-order valence-corrected chi connectivity index (χ0v) is 13.6. The van der Waals surface area contributed by atoms with Crippen LogP contribution < -0.4 is 5.32 Å². The number of halogens is 3. The first kappa shape index (κ1) is 14.8. The molecule has 0 fully saturated rings. The molecule has 0 aliphatic rings. The van der Waals surface area contributed by atoms with Gasteiger partial charge in [-0.25, -0.2) is 4.39 Å². The molecule has 0 spiro atoms. The number of benzene rings is 2. The topological polar surface area (TPSA) is 12.0 Å². The summed E-state index contributed by atoms with van der Waals surface area (Å²) >= 11 is 8.37. The number of hydrogen-bond acceptors (Lipinski definition) is 1. The van der Waals surface area contributed by atoms with E-state index in [4.69, 9.17) is 11.6 Å². The fourth-order valence-electron chi connectivity index (χ4n) is 2.16. The lowest BCUT2D eigenvalue weighted by atomic mass is 9.95. The molecule has 2 aromatic rings. The van der Waals surface area contributed by atoms with E-state index in [-0.39, 0.29) is 11.9 Å². The third-order valence-electron chi connectivity index (χ3n) is 3.11. The van der Waals surface area contributed by atoms with Crippen molar-refractivity contribution in [1.29, 1.82) is 0 Å². The second-order valence-electron chi connectivity index (χ2n) is 4.40. The van der Waals surface area contributed by atoms with E-state index in [9.17, 15) is 4.39 Å². The Morgan fingerprint density at radius 3 is 2.53 bits per heavy atom. The van der Waals surface area contributed by atoms with Crippen molar-refractivity contribution < 1.29 is 4.39 Å². The molecule has 0 aliphatic heterocycles. The molecule has 0 saturated heterocycles. The van der Waals surface area contributed by atoms with Crippen LogP contribution in [0, 0.1) is 16.3 Å². The van der Waals surface area contributed by atoms with Crippen LogP contribution in [-0.4, -0.2) is 7.05 Å². The van der Waals surface area contributed by atoms with Gasteiger partial charge in [0.05, 0.1) is 11.1 Å². The van der Waals surface area contributed by atoms with Crippen LogP contribution >= 0.6 is 34.2 Å². The van der Waals surface area contributed by atoms with Crippen LogP contribution in [0.1, 0.15) is 22.7 Å². The number of aryl methyl sites for hydroxylation is 1. The van der Waals surface area contributed by atoms with Gasteiger partial charge in [-0.1, -0.05) is 23.7 Å². The first-order valence-electron chi connectivity index (χ1n) is 5.91. The normalized spacial score (nSPS) is 12.5. The lowest BCUT2D eigenvalue weighted by Crippen LogP contribution is -2.18. The molecule has 0 amide bonds. The van der Waals surface area contributed by atoms with Gasteiger partial charge in [0.15, 0.2) is 0 Å². The van der Waals surface area contributed by atoms with Crippen molar-refractivity contribution in [1.82, 2.24) is 5.32 Å². The Bertz CT molecular complexity index is 601. The van der Waals surface area contributed by atoms with Crippen LogP contribution in [0.15, 0.2) is 36.4 Å². The van der Waals surface area contributed by atoms with Crippen LogP contribution in [0.5, 0.6) is 0 Å². The largest absolute Gasteiger partial charge is 0.309 e. The monoisotopic (exact) mass is 389 g/mol. The summed E-state index contributed by atoms with van der Waals surface area (Å²) in [7, 11) is 1.89. The van der Waals surface area contributed by atoms with Gasteiger partial charge in [0.25, 0.3) is 0 Å². The fraction of sp³-hybridized carbons (Fsp3) is 0.200. The lowest BCUT2D eigenvalue weighted by molar-refractivity contribution is 0.621. The van der Waals surface area contributed by atoms with E-state index >= 15 is 0 Å². The number of rotatable bonds is 3. The maximum absolute atomic E-state index is 13.2. The van der Waals surface area contributed by atoms with E-state index in [0.717, 1.165) is 25.3 Å². The van der Waals surface area contributed by atoms with Gasteiger partial charge in [-0.15, -0.1) is 0 Å². The minimum atomic E-state index is -0.211. The molecule has 2 aromatic carbocycles. The molecule has 0 radical (unpaired) electrons. The van der Waals surface area contributed by atoms with Crippen molar-refractivity contribution in [3.8, 4) is 0 Å². The van der Waals surface area contributed by atoms with Crippen molar-refractivity contribution in [2.24, 2.45) is 0 Å². The van der Waals surface area contributed by atoms with E-state index in [1.807, 2.05) is 38.2 Å². The molecule has 2 rings (SSSR count). The van der Waals surface area contributed by atoms with Crippen molar-refractivity contribution in [2.45, 2.75) is 13.0 Å². The third-order valence-corrected chi connectivity index (χ3v) is 4.68. The minimum Gasteiger partial charge on any atom is -0.309 e. The number of hydrogen-bond donors (Lipinski definition) is 1. The zero-order chi connectivity index (χ0) is 14.0. The molecular weight excluding hydrogens is 376 g/mol. The van der Waals surface area contributed by atoms with E-state index in [2.05, 4.69) is 27.9 Å². The highest BCUT2D eigenvalue weighted by Crippen LogP contribution is 2.29. The predicted octanol–water partition coefficient (Wildman–Crippen LogP) is 4.70. The Morgan fingerprint density at radius 2 is 1.95 bits per heavy atom. The van der Waals surface area contributed by atoms with Gasteiger partial charge in [0, 0.05) is 3.57 Å². The van der Waals surface area contributed by atoms with E-state index in [1.54, 1.807) is 6.07 Å². The molecule has 4 heteroatoms. The van der Waals surface area contributed by atoms with Gasteiger partial charge in [-0.3, -0.25) is 0 Å². The van der Waals surface area contributed by atoms with Crippen molar-refractivity contribution in [3.05, 3.63) is 67.5 Å². The van der Waals surface area contributed by atoms with Crippen LogP contribution in [0.25, 0.3) is 0 Å². The Morgan fingerprint density at radius 1 is 1.21 bits per heavy atom. The summed E-state index contributed by atoms with van der Waals surface area (Å²) in [5.74, 6) is -0.211. The summed E-state index contributed by atoms with van der Waals surface area (Å²) in [6.07, 6.45) is 0. The molecular formula is C15H14ClFIN. The second-order valence-corrected chi connectivity index (χ2v) is 5.97. The van der Waals surface area contributed by atoms with Crippen LogP contribution in [0.2, 0.25) is 5.02 Å². The first-order chi connectivity index (χ1) is 9.02. The average molecular weight is 390 g/mol. The predicted molar refractivity (Wildman–Crippen MR) is 86.2 cm³/mol. The summed E-state index contributed by atoms with van der Waals surface area (Å²) in [6, 6.07) is 10.8. The van der Waals surface area contributed by atoms with Gasteiger partial charge < -0.3 is 5.32 Å². The summed E-state index contributed by atoms with van der Waals surface area (Å²) in [5, 5.41) is 3.99. The molecule has 1 nitrogen and oxygen atoms in total. The Balaban J connectivity index is 2.46. The first-order valence-corrected chi connectivity index (χ1v) is 7.37. The lowest BCUT2D eigenvalue weighted by Gasteiger charge is -2.20. The van der Waals surface area contributed by atoms with Gasteiger partial charge in [-0.2, -0.15) is 0 Å². The highest BCUT2D eigenvalue weighted by atomic mass is 127. The number of nitrogens with one attached hydrogen (secondary N) is 1. The van der Waals surface area contributed by atoms with Crippen LogP contribution in [-0.2, 0) is 0 Å². The summed E-state index contributed by atoms with van der Waals surface area (Å²) in [5.41, 5.74) is 3.05. The zero-order valence-electron chi connectivity index (χ0n) is 10.7. The molecule has 0 bridgehead atoms. The molecule has 1 atom stereocenters. The van der Waals surface area contributed by atoms with Crippen molar-refractivity contribution >= 4 is 34.2 Å². The Hall–Kier alpha value is -0.650. The average Bonchev–Trinajstić information content (AvgIpc) is 2.37. The van der Waals surface area contributed by atoms with E-state index in [0.29, 0.717) is 0 Å². The minimum absolute atomic E-state index is 0.00935. The van der Waals surface area contributed by atoms with E-state index in [1.165, 1.54) is 6.07 Å². The Labute approximate surface area is 131 Å². The highest BCUT2D eigenvalue weighted by molar-refractivity contribution is 14.1. The maximum atomic E-state index is 13.2. The molecule has 1 N–H and O–H groups in total. The molecule has 100 valence electrons. The van der Waals surface area contributed by atoms with Crippen LogP contribution in [0.4, 0.5) is 4.39 Å². The van der Waals surface area contributed by atoms with Gasteiger partial charge >= 0.3 is 0 Å². The molecule has 0 aromatic heterocycles. The van der Waals surface area contributed by atoms with Crippen molar-refractivity contribution in [2.75, 3.05) is 7.05 Å². The quantitative estimate of drug-likeness (QED) is 0.750. The Kier molecular flexibility index (Phi) is 4.81. The van der Waals surface area contributed by atoms with Crippen molar-refractivity contribution in [3.63, 3.8) is 0 Å². The highest BCUT2D eigenvalue weighted by Gasteiger charge is 2.15. The van der Waals surface area contributed by atoms with Gasteiger partial charge in [0.2, 0.25) is 0 Å². The third kappa shape index (κ3) is 3.27. The van der Waals surface area contributed by atoms with E-state index < -0.39 is 0 Å². The molecule has 0 aliphatic carbocycles. The molecule has 19 heavy (non-hydrogen) atoms. The second kappa shape index (κ2) is 6.20. The summed E-state index contributed by atoms with van der Waals surface area (Å²) in [4.78, 5) is 0. The SMILES string of the molecule is CNC(c1ccc(I)c(Cl)c1)c1ccc(F)cc1C. The maximum Gasteiger partial charge on any atom is 0.123 e. The molecule has 0 saturated carbocycles. The summed E-state index contributed by atoms with van der Waals surface area (Å²) < 4.78 is 14.2. The molecule has 1 unspecified atom stereocenters. The van der Waals surface area contributed by atoms with Gasteiger partial charge in [-0.05, 0) is 77.5 Å². The molecule has 0 heterocycles. The summed E-state index contributed by atoms with van der Waals surface area (Å²) in [6.45, 7) is 1.91. The van der Waals surface area contributed by atoms with Gasteiger partial charge in [0.1, 0.15) is 5.82 Å².